The molecule has 0 saturated carbocycles. The highest BCUT2D eigenvalue weighted by atomic mass is 32.2. The van der Waals surface area contributed by atoms with E-state index < -0.39 is 9.39 Å². The van der Waals surface area contributed by atoms with Crippen LogP contribution in [0.2, 0.25) is 0 Å². The topological polar surface area (TPSA) is 26.0 Å². The molecule has 0 aliphatic carbocycles. The van der Waals surface area contributed by atoms with Gasteiger partial charge in [-0.1, -0.05) is 29.4 Å². The Morgan fingerprint density at radius 2 is 1.64 bits per heavy atom. The van der Waals surface area contributed by atoms with Crippen LogP contribution in [-0.2, 0) is 0 Å². The maximum absolute atomic E-state index is 5.77. The van der Waals surface area contributed by atoms with Crippen LogP contribution < -0.4 is 5.14 Å². The molecule has 1 rings (SSSR count). The van der Waals surface area contributed by atoms with Crippen molar-refractivity contribution in [1.82, 2.24) is 0 Å². The molecule has 0 fully saturated rings. The van der Waals surface area contributed by atoms with Crippen LogP contribution >= 0.6 is 9.39 Å². The van der Waals surface area contributed by atoms with Crippen molar-refractivity contribution in [3.63, 3.8) is 0 Å². The van der Waals surface area contributed by atoms with Crippen molar-refractivity contribution in [2.24, 2.45) is 5.14 Å². The van der Waals surface area contributed by atoms with Gasteiger partial charge in [-0.25, -0.2) is 0 Å². The number of rotatable bonds is 1. The number of nitrogens with two attached hydrogens (primary N) is 1. The first-order chi connectivity index (χ1) is 5.00. The highest BCUT2D eigenvalue weighted by molar-refractivity contribution is 8.26. The predicted octanol–water partition coefficient (Wildman–Crippen LogP) is 1.90. The maximum Gasteiger partial charge on any atom is 0.00844 e. The lowest BCUT2D eigenvalue weighted by molar-refractivity contribution is 1.37. The monoisotopic (exact) mass is 167 g/mol. The smallest absolute Gasteiger partial charge is 0.00844 e. The third kappa shape index (κ3) is 2.10. The average molecular weight is 167 g/mol. The Morgan fingerprint density at radius 1 is 1.18 bits per heavy atom. The minimum Gasteiger partial charge on any atom is -0.285 e. The fraction of sp³-hybridized carbons (Fsp3) is 0.111. The Bertz CT molecular complexity index is 332. The van der Waals surface area contributed by atoms with Crippen LogP contribution in [-0.4, -0.2) is 11.7 Å². The lowest BCUT2D eigenvalue weighted by Gasteiger charge is -2.07. The summed E-state index contributed by atoms with van der Waals surface area (Å²) in [5, 5.41) is 5.77. The van der Waals surface area contributed by atoms with E-state index >= 15 is 0 Å². The molecule has 60 valence electrons. The van der Waals surface area contributed by atoms with Crippen molar-refractivity contribution in [1.29, 1.82) is 0 Å². The van der Waals surface area contributed by atoms with E-state index in [0.717, 1.165) is 4.90 Å². The second kappa shape index (κ2) is 2.72. The fourth-order valence-corrected chi connectivity index (χ4v) is 1.49. The first kappa shape index (κ1) is 8.37. The highest BCUT2D eigenvalue weighted by Gasteiger charge is 1.92. The summed E-state index contributed by atoms with van der Waals surface area (Å²) < 4.78 is 0. The number of aryl methyl sites for hydroxylation is 1. The largest absolute Gasteiger partial charge is 0.285 e. The Balaban J connectivity index is 3.20. The van der Waals surface area contributed by atoms with Crippen LogP contribution in [0.1, 0.15) is 5.56 Å². The molecule has 0 atom stereocenters. The van der Waals surface area contributed by atoms with Gasteiger partial charge in [-0.2, -0.15) is 0 Å². The summed E-state index contributed by atoms with van der Waals surface area (Å²) in [6, 6.07) is 8.04. The summed E-state index contributed by atoms with van der Waals surface area (Å²) in [7, 11) is -1.52. The van der Waals surface area contributed by atoms with Gasteiger partial charge in [0.2, 0.25) is 0 Å². The second-order valence-electron chi connectivity index (χ2n) is 2.76. The lowest BCUT2D eigenvalue weighted by Crippen LogP contribution is -1.91. The summed E-state index contributed by atoms with van der Waals surface area (Å²) in [6.45, 7) is 2.05. The van der Waals surface area contributed by atoms with Crippen molar-refractivity contribution in [2.45, 2.75) is 11.8 Å². The molecule has 0 radical (unpaired) electrons. The maximum atomic E-state index is 5.77. The third-order valence-corrected chi connectivity index (χ3v) is 2.70. The van der Waals surface area contributed by atoms with Crippen molar-refractivity contribution in [3.8, 4) is 0 Å². The Labute approximate surface area is 68.5 Å². The van der Waals surface area contributed by atoms with Gasteiger partial charge in [-0.3, -0.25) is 5.14 Å². The van der Waals surface area contributed by atoms with Crippen molar-refractivity contribution >= 4 is 21.1 Å². The lowest BCUT2D eigenvalue weighted by atomic mass is 10.2. The summed E-state index contributed by atoms with van der Waals surface area (Å²) in [5.41, 5.74) is 1.23. The van der Waals surface area contributed by atoms with Crippen LogP contribution in [0.15, 0.2) is 29.2 Å². The van der Waals surface area contributed by atoms with Crippen molar-refractivity contribution in [3.05, 3.63) is 29.8 Å². The van der Waals surface area contributed by atoms with Gasteiger partial charge < -0.3 is 0 Å². The van der Waals surface area contributed by atoms with Crippen molar-refractivity contribution in [2.75, 3.05) is 0 Å². The fourth-order valence-electron chi connectivity index (χ4n) is 0.809. The van der Waals surface area contributed by atoms with E-state index in [1.54, 1.807) is 0 Å². The normalized spacial score (nSPS) is 11.5. The van der Waals surface area contributed by atoms with Crippen molar-refractivity contribution < 1.29 is 0 Å². The standard InChI is InChI=1S/C9H13NS/c1-8-4-6-9(7-5-8)11(2,3)10/h4-7H,2-3,10H2,1H3. The van der Waals surface area contributed by atoms with E-state index in [2.05, 4.69) is 11.7 Å². The van der Waals surface area contributed by atoms with Gasteiger partial charge in [0.05, 0.1) is 0 Å². The summed E-state index contributed by atoms with van der Waals surface area (Å²) in [5.74, 6) is 7.64. The molecule has 1 nitrogen and oxygen atoms in total. The number of hydrogen-bond donors (Lipinski definition) is 1. The van der Waals surface area contributed by atoms with Crippen LogP contribution in [0.5, 0.6) is 0 Å². The van der Waals surface area contributed by atoms with Gasteiger partial charge in [0, 0.05) is 4.90 Å². The van der Waals surface area contributed by atoms with E-state index in [0.29, 0.717) is 0 Å². The summed E-state index contributed by atoms with van der Waals surface area (Å²) >= 11 is 0. The Hall–Kier alpha value is -0.730. The van der Waals surface area contributed by atoms with E-state index in [-0.39, 0.29) is 0 Å². The molecule has 0 bridgehead atoms. The Morgan fingerprint density at radius 3 is 2.00 bits per heavy atom. The van der Waals surface area contributed by atoms with Gasteiger partial charge in [-0.05, 0) is 19.1 Å². The van der Waals surface area contributed by atoms with Gasteiger partial charge in [0.25, 0.3) is 0 Å². The third-order valence-electron chi connectivity index (χ3n) is 1.49. The predicted molar refractivity (Wildman–Crippen MR) is 55.5 cm³/mol. The van der Waals surface area contributed by atoms with E-state index in [9.17, 15) is 0 Å². The molecule has 1 aromatic rings. The number of benzene rings is 1. The molecule has 0 amide bonds. The highest BCUT2D eigenvalue weighted by Crippen LogP contribution is 2.23. The van der Waals surface area contributed by atoms with E-state index in [4.69, 9.17) is 5.14 Å². The van der Waals surface area contributed by atoms with Gasteiger partial charge in [0.15, 0.2) is 0 Å². The average Bonchev–Trinajstić information content (AvgIpc) is 1.86. The molecule has 2 N–H and O–H groups in total. The molecule has 11 heavy (non-hydrogen) atoms. The molecule has 0 unspecified atom stereocenters. The van der Waals surface area contributed by atoms with Crippen LogP contribution in [0, 0.1) is 6.92 Å². The molecule has 2 heteroatoms. The van der Waals surface area contributed by atoms with E-state index in [1.807, 2.05) is 31.2 Å². The minimum atomic E-state index is -1.52. The second-order valence-corrected chi connectivity index (χ2v) is 5.12. The summed E-state index contributed by atoms with van der Waals surface area (Å²) in [4.78, 5) is 1.04. The van der Waals surface area contributed by atoms with E-state index in [1.165, 1.54) is 5.56 Å². The van der Waals surface area contributed by atoms with Gasteiger partial charge >= 0.3 is 0 Å². The molecular formula is C9H13NS. The molecule has 0 heterocycles. The van der Waals surface area contributed by atoms with Gasteiger partial charge in [-0.15, -0.1) is 9.39 Å². The first-order valence-electron chi connectivity index (χ1n) is 3.34. The molecule has 0 aliphatic heterocycles. The quantitative estimate of drug-likeness (QED) is 0.635. The SMILES string of the molecule is C=S(=C)(N)c1ccc(C)cc1. The van der Waals surface area contributed by atoms with Gasteiger partial charge in [0.1, 0.15) is 0 Å². The molecule has 0 saturated heterocycles. The molecular weight excluding hydrogens is 154 g/mol. The zero-order chi connectivity index (χ0) is 8.48. The molecule has 0 spiro atoms. The first-order valence-corrected chi connectivity index (χ1v) is 5.37. The van der Waals surface area contributed by atoms with Crippen LogP contribution in [0.3, 0.4) is 0 Å². The minimum absolute atomic E-state index is 1.04. The summed E-state index contributed by atoms with van der Waals surface area (Å²) in [6.07, 6.45) is 0. The molecule has 1 aromatic carbocycles. The number of hydrogen-bond acceptors (Lipinski definition) is 1. The molecule has 0 aliphatic rings. The zero-order valence-electron chi connectivity index (χ0n) is 6.71. The Kier molecular flexibility index (Phi) is 2.07. The van der Waals surface area contributed by atoms with Crippen LogP contribution in [0.4, 0.5) is 0 Å². The van der Waals surface area contributed by atoms with Crippen LogP contribution in [0.25, 0.3) is 0 Å². The molecule has 0 aromatic heterocycles. The zero-order valence-corrected chi connectivity index (χ0v) is 7.53.